The molecule has 0 aliphatic heterocycles. The van der Waals surface area contributed by atoms with Gasteiger partial charge in [0.05, 0.1) is 0 Å². The summed E-state index contributed by atoms with van der Waals surface area (Å²) in [5.74, 6) is 0.552. The summed E-state index contributed by atoms with van der Waals surface area (Å²) in [6, 6.07) is 10.7. The van der Waals surface area contributed by atoms with Crippen molar-refractivity contribution in [3.63, 3.8) is 0 Å². The third-order valence-electron chi connectivity index (χ3n) is 2.67. The van der Waals surface area contributed by atoms with Crippen LogP contribution in [0.15, 0.2) is 42.5 Å². The predicted molar refractivity (Wildman–Crippen MR) is 63.5 cm³/mol. The Kier molecular flexibility index (Phi) is 4.45. The fraction of sp³-hybridized carbons (Fsp3) is 0.429. The molecule has 76 valence electrons. The molecule has 1 aromatic rings. The van der Waals surface area contributed by atoms with Gasteiger partial charge in [-0.1, -0.05) is 62.8 Å². The van der Waals surface area contributed by atoms with Crippen LogP contribution < -0.4 is 0 Å². The van der Waals surface area contributed by atoms with Crippen molar-refractivity contribution in [2.24, 2.45) is 0 Å². The van der Waals surface area contributed by atoms with Crippen molar-refractivity contribution < 1.29 is 0 Å². The highest BCUT2D eigenvalue weighted by atomic mass is 14.2. The summed E-state index contributed by atoms with van der Waals surface area (Å²) in [5.41, 5.74) is 2.79. The van der Waals surface area contributed by atoms with Gasteiger partial charge in [0.25, 0.3) is 0 Å². The summed E-state index contributed by atoms with van der Waals surface area (Å²) in [7, 11) is 0. The van der Waals surface area contributed by atoms with E-state index in [1.807, 2.05) is 0 Å². The maximum absolute atomic E-state index is 4.19. The number of benzene rings is 1. The van der Waals surface area contributed by atoms with Gasteiger partial charge in [0.1, 0.15) is 0 Å². The first-order valence-corrected chi connectivity index (χ1v) is 5.52. The van der Waals surface area contributed by atoms with Crippen molar-refractivity contribution in [1.29, 1.82) is 0 Å². The molecule has 0 aromatic heterocycles. The standard InChI is InChI=1S/C14H20/c1-4-9-12(3)14(5-2)13-10-7-6-8-11-13/h6-8,10-11,14H,3-5,9H2,1-2H3. The first-order chi connectivity index (χ1) is 6.79. The molecule has 0 heterocycles. The van der Waals surface area contributed by atoms with E-state index in [-0.39, 0.29) is 0 Å². The average molecular weight is 188 g/mol. The molecular weight excluding hydrogens is 168 g/mol. The van der Waals surface area contributed by atoms with Crippen molar-refractivity contribution in [1.82, 2.24) is 0 Å². The van der Waals surface area contributed by atoms with E-state index in [1.54, 1.807) is 0 Å². The van der Waals surface area contributed by atoms with E-state index in [0.717, 1.165) is 12.8 Å². The first-order valence-electron chi connectivity index (χ1n) is 5.52. The molecule has 0 nitrogen and oxygen atoms in total. The average Bonchev–Trinajstić information content (AvgIpc) is 2.21. The van der Waals surface area contributed by atoms with E-state index in [2.05, 4.69) is 50.8 Å². The second kappa shape index (κ2) is 5.64. The minimum absolute atomic E-state index is 0.552. The second-order valence-corrected chi connectivity index (χ2v) is 3.78. The monoisotopic (exact) mass is 188 g/mol. The van der Waals surface area contributed by atoms with Crippen molar-refractivity contribution in [2.75, 3.05) is 0 Å². The highest BCUT2D eigenvalue weighted by Gasteiger charge is 2.11. The molecule has 0 saturated carbocycles. The fourth-order valence-corrected chi connectivity index (χ4v) is 1.94. The second-order valence-electron chi connectivity index (χ2n) is 3.78. The highest BCUT2D eigenvalue weighted by molar-refractivity contribution is 5.27. The quantitative estimate of drug-likeness (QED) is 0.595. The van der Waals surface area contributed by atoms with E-state index in [9.17, 15) is 0 Å². The van der Waals surface area contributed by atoms with E-state index in [4.69, 9.17) is 0 Å². The first kappa shape index (κ1) is 11.0. The molecule has 0 spiro atoms. The molecule has 0 fully saturated rings. The molecule has 0 amide bonds. The Labute approximate surface area is 87.7 Å². The van der Waals surface area contributed by atoms with Crippen LogP contribution in [0.1, 0.15) is 44.6 Å². The lowest BCUT2D eigenvalue weighted by Crippen LogP contribution is -2.00. The molecule has 0 aliphatic carbocycles. The van der Waals surface area contributed by atoms with Crippen LogP contribution in [0.2, 0.25) is 0 Å². The Morgan fingerprint density at radius 3 is 2.36 bits per heavy atom. The zero-order valence-corrected chi connectivity index (χ0v) is 9.29. The lowest BCUT2D eigenvalue weighted by molar-refractivity contribution is 0.708. The van der Waals surface area contributed by atoms with Crippen molar-refractivity contribution in [3.8, 4) is 0 Å². The van der Waals surface area contributed by atoms with Gasteiger partial charge in [-0.2, -0.15) is 0 Å². The Morgan fingerprint density at radius 1 is 1.21 bits per heavy atom. The van der Waals surface area contributed by atoms with Crippen LogP contribution in [-0.4, -0.2) is 0 Å². The molecule has 1 rings (SSSR count). The number of allylic oxidation sites excluding steroid dienone is 1. The maximum Gasteiger partial charge on any atom is 0.00428 e. The van der Waals surface area contributed by atoms with Crippen LogP contribution in [-0.2, 0) is 0 Å². The molecular formula is C14H20. The molecule has 1 aromatic carbocycles. The fourth-order valence-electron chi connectivity index (χ4n) is 1.94. The van der Waals surface area contributed by atoms with E-state index >= 15 is 0 Å². The van der Waals surface area contributed by atoms with Crippen molar-refractivity contribution in [3.05, 3.63) is 48.0 Å². The topological polar surface area (TPSA) is 0 Å². The Bertz CT molecular complexity index is 271. The molecule has 0 N–H and O–H groups in total. The van der Waals surface area contributed by atoms with Gasteiger partial charge in [-0.3, -0.25) is 0 Å². The van der Waals surface area contributed by atoms with Crippen LogP contribution in [0, 0.1) is 0 Å². The minimum Gasteiger partial charge on any atom is -0.0992 e. The maximum atomic E-state index is 4.19. The third kappa shape index (κ3) is 2.73. The number of hydrogen-bond acceptors (Lipinski definition) is 0. The SMILES string of the molecule is C=C(CCC)C(CC)c1ccccc1. The van der Waals surface area contributed by atoms with Gasteiger partial charge in [-0.15, -0.1) is 0 Å². The highest BCUT2D eigenvalue weighted by Crippen LogP contribution is 2.28. The van der Waals surface area contributed by atoms with Crippen molar-refractivity contribution >= 4 is 0 Å². The smallest absolute Gasteiger partial charge is 0.00428 e. The normalized spacial score (nSPS) is 12.4. The van der Waals surface area contributed by atoms with Gasteiger partial charge in [0, 0.05) is 5.92 Å². The summed E-state index contributed by atoms with van der Waals surface area (Å²) in [6.07, 6.45) is 3.50. The van der Waals surface area contributed by atoms with Gasteiger partial charge in [0.2, 0.25) is 0 Å². The summed E-state index contributed by atoms with van der Waals surface area (Å²) >= 11 is 0. The van der Waals surface area contributed by atoms with Gasteiger partial charge in [0.15, 0.2) is 0 Å². The van der Waals surface area contributed by atoms with Gasteiger partial charge < -0.3 is 0 Å². The Hall–Kier alpha value is -1.04. The molecule has 14 heavy (non-hydrogen) atoms. The molecule has 0 saturated heterocycles. The number of hydrogen-bond donors (Lipinski definition) is 0. The van der Waals surface area contributed by atoms with Gasteiger partial charge in [-0.05, 0) is 18.4 Å². The third-order valence-corrected chi connectivity index (χ3v) is 2.67. The van der Waals surface area contributed by atoms with E-state index < -0.39 is 0 Å². The van der Waals surface area contributed by atoms with Crippen LogP contribution in [0.4, 0.5) is 0 Å². The zero-order valence-electron chi connectivity index (χ0n) is 9.29. The van der Waals surface area contributed by atoms with Crippen LogP contribution in [0.25, 0.3) is 0 Å². The van der Waals surface area contributed by atoms with Crippen LogP contribution in [0.5, 0.6) is 0 Å². The zero-order chi connectivity index (χ0) is 10.4. The van der Waals surface area contributed by atoms with E-state index in [1.165, 1.54) is 17.6 Å². The minimum atomic E-state index is 0.552. The van der Waals surface area contributed by atoms with Gasteiger partial charge in [-0.25, -0.2) is 0 Å². The summed E-state index contributed by atoms with van der Waals surface area (Å²) in [4.78, 5) is 0. The number of rotatable bonds is 5. The molecule has 0 heteroatoms. The Morgan fingerprint density at radius 2 is 1.86 bits per heavy atom. The lowest BCUT2D eigenvalue weighted by Gasteiger charge is -2.17. The molecule has 0 aliphatic rings. The summed E-state index contributed by atoms with van der Waals surface area (Å²) in [5, 5.41) is 0. The summed E-state index contributed by atoms with van der Waals surface area (Å²) < 4.78 is 0. The largest absolute Gasteiger partial charge is 0.0992 e. The van der Waals surface area contributed by atoms with Gasteiger partial charge >= 0.3 is 0 Å². The molecule has 0 radical (unpaired) electrons. The van der Waals surface area contributed by atoms with Crippen LogP contribution in [0.3, 0.4) is 0 Å². The van der Waals surface area contributed by atoms with E-state index in [0.29, 0.717) is 5.92 Å². The summed E-state index contributed by atoms with van der Waals surface area (Å²) in [6.45, 7) is 8.64. The van der Waals surface area contributed by atoms with Crippen LogP contribution >= 0.6 is 0 Å². The predicted octanol–water partition coefficient (Wildman–Crippen LogP) is 4.54. The van der Waals surface area contributed by atoms with Crippen molar-refractivity contribution in [2.45, 2.75) is 39.0 Å². The molecule has 1 atom stereocenters. The molecule has 1 unspecified atom stereocenters. The lowest BCUT2D eigenvalue weighted by atomic mass is 9.88. The Balaban J connectivity index is 2.77. The molecule has 0 bridgehead atoms.